The van der Waals surface area contributed by atoms with Crippen LogP contribution in [0.1, 0.15) is 29.7 Å². The molecule has 16 heavy (non-hydrogen) atoms. The molecule has 2 heteroatoms. The topological polar surface area (TPSA) is 27.8 Å². The van der Waals surface area contributed by atoms with Crippen LogP contribution in [0.5, 0.6) is 0 Å². The molecule has 0 aliphatic rings. The standard InChI is InChI=1S/C14H18N2/c1-11-3-5-14(6-4-11)12(2)16-10-13-7-8-15-9-13/h3-9,12,15-16H,10H2,1-2H3. The van der Waals surface area contributed by atoms with Gasteiger partial charge in [0.25, 0.3) is 0 Å². The zero-order chi connectivity index (χ0) is 11.4. The van der Waals surface area contributed by atoms with E-state index in [2.05, 4.69) is 54.5 Å². The van der Waals surface area contributed by atoms with Crippen LogP contribution in [0.15, 0.2) is 42.7 Å². The van der Waals surface area contributed by atoms with E-state index < -0.39 is 0 Å². The minimum absolute atomic E-state index is 0.385. The van der Waals surface area contributed by atoms with Gasteiger partial charge in [-0.3, -0.25) is 0 Å². The largest absolute Gasteiger partial charge is 0.367 e. The van der Waals surface area contributed by atoms with E-state index in [1.54, 1.807) is 0 Å². The van der Waals surface area contributed by atoms with Crippen molar-refractivity contribution < 1.29 is 0 Å². The third-order valence-corrected chi connectivity index (χ3v) is 2.85. The highest BCUT2D eigenvalue weighted by Crippen LogP contribution is 2.13. The Bertz CT molecular complexity index is 415. The number of hydrogen-bond donors (Lipinski definition) is 2. The van der Waals surface area contributed by atoms with Crippen LogP contribution in [0.3, 0.4) is 0 Å². The first-order chi connectivity index (χ1) is 7.75. The Hall–Kier alpha value is -1.54. The Kier molecular flexibility index (Phi) is 3.42. The molecule has 0 bridgehead atoms. The molecule has 2 rings (SSSR count). The predicted molar refractivity (Wildman–Crippen MR) is 67.2 cm³/mol. The van der Waals surface area contributed by atoms with Gasteiger partial charge >= 0.3 is 0 Å². The van der Waals surface area contributed by atoms with Crippen LogP contribution >= 0.6 is 0 Å². The van der Waals surface area contributed by atoms with Crippen LogP contribution in [0.2, 0.25) is 0 Å². The van der Waals surface area contributed by atoms with E-state index in [0.717, 1.165) is 6.54 Å². The normalized spacial score (nSPS) is 12.6. The maximum absolute atomic E-state index is 3.50. The molecule has 2 aromatic rings. The number of rotatable bonds is 4. The summed E-state index contributed by atoms with van der Waals surface area (Å²) in [7, 11) is 0. The van der Waals surface area contributed by atoms with Crippen molar-refractivity contribution in [3.05, 3.63) is 59.4 Å². The monoisotopic (exact) mass is 214 g/mol. The molecule has 1 aromatic heterocycles. The highest BCUT2D eigenvalue weighted by atomic mass is 14.9. The van der Waals surface area contributed by atoms with Gasteiger partial charge in [-0.2, -0.15) is 0 Å². The molecule has 0 radical (unpaired) electrons. The van der Waals surface area contributed by atoms with Crippen molar-refractivity contribution in [3.8, 4) is 0 Å². The molecular formula is C14H18N2. The van der Waals surface area contributed by atoms with Crippen LogP contribution < -0.4 is 5.32 Å². The summed E-state index contributed by atoms with van der Waals surface area (Å²) >= 11 is 0. The number of benzene rings is 1. The van der Waals surface area contributed by atoms with Gasteiger partial charge in [-0.25, -0.2) is 0 Å². The van der Waals surface area contributed by atoms with Crippen molar-refractivity contribution in [1.29, 1.82) is 0 Å². The molecule has 2 nitrogen and oxygen atoms in total. The third-order valence-electron chi connectivity index (χ3n) is 2.85. The third kappa shape index (κ3) is 2.74. The predicted octanol–water partition coefficient (Wildman–Crippen LogP) is 3.17. The smallest absolute Gasteiger partial charge is 0.0294 e. The van der Waals surface area contributed by atoms with Crippen molar-refractivity contribution >= 4 is 0 Å². The van der Waals surface area contributed by atoms with E-state index in [-0.39, 0.29) is 0 Å². The molecule has 0 aliphatic heterocycles. The number of hydrogen-bond acceptors (Lipinski definition) is 1. The summed E-state index contributed by atoms with van der Waals surface area (Å²) in [6, 6.07) is 11.2. The minimum Gasteiger partial charge on any atom is -0.367 e. The summed E-state index contributed by atoms with van der Waals surface area (Å²) in [4.78, 5) is 3.06. The van der Waals surface area contributed by atoms with Gasteiger partial charge in [-0.1, -0.05) is 29.8 Å². The van der Waals surface area contributed by atoms with Crippen LogP contribution in [0.25, 0.3) is 0 Å². The Morgan fingerprint density at radius 2 is 1.94 bits per heavy atom. The van der Waals surface area contributed by atoms with Gasteiger partial charge in [0.1, 0.15) is 0 Å². The summed E-state index contributed by atoms with van der Waals surface area (Å²) in [5.74, 6) is 0. The molecule has 0 fully saturated rings. The average Bonchev–Trinajstić information content (AvgIpc) is 2.80. The summed E-state index contributed by atoms with van der Waals surface area (Å²) < 4.78 is 0. The molecule has 1 unspecified atom stereocenters. The fourth-order valence-corrected chi connectivity index (χ4v) is 1.71. The fourth-order valence-electron chi connectivity index (χ4n) is 1.71. The number of aromatic amines is 1. The SMILES string of the molecule is Cc1ccc(C(C)NCc2cc[nH]c2)cc1. The van der Waals surface area contributed by atoms with Gasteiger partial charge in [0.2, 0.25) is 0 Å². The van der Waals surface area contributed by atoms with Gasteiger partial charge in [0, 0.05) is 25.0 Å². The van der Waals surface area contributed by atoms with Crippen LogP contribution in [0, 0.1) is 6.92 Å². The Morgan fingerprint density at radius 3 is 2.56 bits per heavy atom. The minimum atomic E-state index is 0.385. The number of aromatic nitrogens is 1. The number of aryl methyl sites for hydroxylation is 1. The van der Waals surface area contributed by atoms with E-state index in [1.807, 2.05) is 12.4 Å². The maximum atomic E-state index is 3.50. The number of nitrogens with one attached hydrogen (secondary N) is 2. The molecule has 84 valence electrons. The lowest BCUT2D eigenvalue weighted by Gasteiger charge is -2.13. The lowest BCUT2D eigenvalue weighted by molar-refractivity contribution is 0.575. The van der Waals surface area contributed by atoms with Crippen molar-refractivity contribution in [2.45, 2.75) is 26.4 Å². The molecule has 1 heterocycles. The first-order valence-corrected chi connectivity index (χ1v) is 5.67. The second-order valence-corrected chi connectivity index (χ2v) is 4.23. The van der Waals surface area contributed by atoms with Crippen LogP contribution in [-0.2, 0) is 6.54 Å². The van der Waals surface area contributed by atoms with Gasteiger partial charge in [0.05, 0.1) is 0 Å². The van der Waals surface area contributed by atoms with Crippen LogP contribution in [0.4, 0.5) is 0 Å². The maximum Gasteiger partial charge on any atom is 0.0294 e. The van der Waals surface area contributed by atoms with E-state index in [4.69, 9.17) is 0 Å². The quantitative estimate of drug-likeness (QED) is 0.803. The van der Waals surface area contributed by atoms with E-state index >= 15 is 0 Å². The fraction of sp³-hybridized carbons (Fsp3) is 0.286. The van der Waals surface area contributed by atoms with Crippen LogP contribution in [-0.4, -0.2) is 4.98 Å². The Morgan fingerprint density at radius 1 is 1.19 bits per heavy atom. The molecule has 0 saturated carbocycles. The van der Waals surface area contributed by atoms with E-state index in [9.17, 15) is 0 Å². The summed E-state index contributed by atoms with van der Waals surface area (Å²) in [6.45, 7) is 5.21. The highest BCUT2D eigenvalue weighted by Gasteiger charge is 2.04. The second-order valence-electron chi connectivity index (χ2n) is 4.23. The summed E-state index contributed by atoms with van der Waals surface area (Å²) in [5.41, 5.74) is 3.93. The molecule has 0 saturated heterocycles. The van der Waals surface area contributed by atoms with Crippen molar-refractivity contribution in [3.63, 3.8) is 0 Å². The molecule has 0 spiro atoms. The van der Waals surface area contributed by atoms with Gasteiger partial charge in [-0.15, -0.1) is 0 Å². The van der Waals surface area contributed by atoms with Crippen molar-refractivity contribution in [1.82, 2.24) is 10.3 Å². The second kappa shape index (κ2) is 4.99. The molecular weight excluding hydrogens is 196 g/mol. The highest BCUT2D eigenvalue weighted by molar-refractivity contribution is 5.23. The molecule has 0 aliphatic carbocycles. The van der Waals surface area contributed by atoms with E-state index in [0.29, 0.717) is 6.04 Å². The lowest BCUT2D eigenvalue weighted by atomic mass is 10.1. The van der Waals surface area contributed by atoms with Gasteiger partial charge in [-0.05, 0) is 31.0 Å². The molecule has 0 amide bonds. The van der Waals surface area contributed by atoms with Crippen molar-refractivity contribution in [2.24, 2.45) is 0 Å². The summed E-state index contributed by atoms with van der Waals surface area (Å²) in [6.07, 6.45) is 3.97. The average molecular weight is 214 g/mol. The van der Waals surface area contributed by atoms with E-state index in [1.165, 1.54) is 16.7 Å². The van der Waals surface area contributed by atoms with Crippen molar-refractivity contribution in [2.75, 3.05) is 0 Å². The number of H-pyrrole nitrogens is 1. The summed E-state index contributed by atoms with van der Waals surface area (Å²) in [5, 5.41) is 3.50. The molecule has 1 aromatic carbocycles. The Balaban J connectivity index is 1.93. The zero-order valence-corrected chi connectivity index (χ0v) is 9.83. The zero-order valence-electron chi connectivity index (χ0n) is 9.83. The van der Waals surface area contributed by atoms with Gasteiger partial charge < -0.3 is 10.3 Å². The first kappa shape index (κ1) is 11.0. The first-order valence-electron chi connectivity index (χ1n) is 5.67. The Labute approximate surface area is 96.7 Å². The molecule has 2 N–H and O–H groups in total. The molecule has 1 atom stereocenters. The van der Waals surface area contributed by atoms with Gasteiger partial charge in [0.15, 0.2) is 0 Å². The lowest BCUT2D eigenvalue weighted by Crippen LogP contribution is -2.17.